The lowest BCUT2D eigenvalue weighted by atomic mass is 10.1. The molecule has 98 valence electrons. The van der Waals surface area contributed by atoms with Crippen molar-refractivity contribution >= 4 is 0 Å². The zero-order valence-corrected chi connectivity index (χ0v) is 11.7. The zero-order valence-electron chi connectivity index (χ0n) is 11.7. The molecule has 1 unspecified atom stereocenters. The predicted molar refractivity (Wildman–Crippen MR) is 70.2 cm³/mol. The highest BCUT2D eigenvalue weighted by Crippen LogP contribution is 2.09. The molecule has 1 heterocycles. The molecule has 1 rings (SSSR count). The molecule has 1 aromatic rings. The number of hydrogen-bond acceptors (Lipinski definition) is 3. The Hall–Kier alpha value is -0.870. The van der Waals surface area contributed by atoms with E-state index in [1.54, 1.807) is 0 Å². The second-order valence-corrected chi connectivity index (χ2v) is 5.32. The molecule has 4 nitrogen and oxygen atoms in total. The van der Waals surface area contributed by atoms with Crippen molar-refractivity contribution in [1.82, 2.24) is 15.1 Å². The van der Waals surface area contributed by atoms with Gasteiger partial charge in [0.25, 0.3) is 0 Å². The second kappa shape index (κ2) is 6.17. The summed E-state index contributed by atoms with van der Waals surface area (Å²) in [5, 5.41) is 7.57. The molecular formula is C13H25N3O. The van der Waals surface area contributed by atoms with Crippen LogP contribution in [0.3, 0.4) is 0 Å². The lowest BCUT2D eigenvalue weighted by Gasteiger charge is -2.24. The van der Waals surface area contributed by atoms with Crippen LogP contribution in [0.1, 0.15) is 33.3 Å². The van der Waals surface area contributed by atoms with Crippen LogP contribution >= 0.6 is 0 Å². The SMILES string of the molecule is CCn1cc(CC(COC(C)(C)C)NC)cn1. The summed E-state index contributed by atoms with van der Waals surface area (Å²) in [6, 6.07) is 0.337. The summed E-state index contributed by atoms with van der Waals surface area (Å²) in [6.07, 6.45) is 4.99. The first-order valence-corrected chi connectivity index (χ1v) is 6.27. The predicted octanol–water partition coefficient (Wildman–Crippen LogP) is 1.85. The summed E-state index contributed by atoms with van der Waals surface area (Å²) in [7, 11) is 1.97. The summed E-state index contributed by atoms with van der Waals surface area (Å²) in [6.45, 7) is 9.97. The van der Waals surface area contributed by atoms with Gasteiger partial charge in [0.1, 0.15) is 0 Å². The minimum absolute atomic E-state index is 0.0807. The van der Waals surface area contributed by atoms with Crippen LogP contribution in [0, 0.1) is 0 Å². The van der Waals surface area contributed by atoms with Crippen molar-refractivity contribution in [3.8, 4) is 0 Å². The fraction of sp³-hybridized carbons (Fsp3) is 0.769. The highest BCUT2D eigenvalue weighted by Gasteiger charge is 2.15. The molecule has 0 aliphatic heterocycles. The van der Waals surface area contributed by atoms with Crippen LogP contribution in [0.25, 0.3) is 0 Å². The van der Waals surface area contributed by atoms with Gasteiger partial charge < -0.3 is 10.1 Å². The van der Waals surface area contributed by atoms with Crippen LogP contribution in [0.15, 0.2) is 12.4 Å². The van der Waals surface area contributed by atoms with Gasteiger partial charge in [-0.2, -0.15) is 5.10 Å². The average molecular weight is 239 g/mol. The molecule has 0 saturated carbocycles. The van der Waals surface area contributed by atoms with Gasteiger partial charge in [0.15, 0.2) is 0 Å². The van der Waals surface area contributed by atoms with E-state index in [1.165, 1.54) is 5.56 Å². The maximum Gasteiger partial charge on any atom is 0.0629 e. The average Bonchev–Trinajstić information content (AvgIpc) is 2.70. The lowest BCUT2D eigenvalue weighted by molar-refractivity contribution is -0.0134. The van der Waals surface area contributed by atoms with Crippen molar-refractivity contribution in [3.05, 3.63) is 18.0 Å². The van der Waals surface area contributed by atoms with E-state index in [0.29, 0.717) is 6.04 Å². The molecule has 0 aliphatic carbocycles. The number of ether oxygens (including phenoxy) is 1. The Labute approximate surface area is 104 Å². The summed E-state index contributed by atoms with van der Waals surface area (Å²) in [5.41, 5.74) is 1.17. The van der Waals surface area contributed by atoms with Crippen molar-refractivity contribution < 1.29 is 4.74 Å². The monoisotopic (exact) mass is 239 g/mol. The van der Waals surface area contributed by atoms with Crippen molar-refractivity contribution in [2.75, 3.05) is 13.7 Å². The van der Waals surface area contributed by atoms with E-state index in [9.17, 15) is 0 Å². The molecule has 0 radical (unpaired) electrons. The highest BCUT2D eigenvalue weighted by molar-refractivity contribution is 5.06. The maximum atomic E-state index is 5.80. The number of likely N-dealkylation sites (N-methyl/N-ethyl adjacent to an activating group) is 1. The van der Waals surface area contributed by atoms with Crippen LogP contribution < -0.4 is 5.32 Å². The minimum atomic E-state index is -0.0807. The zero-order chi connectivity index (χ0) is 12.9. The van der Waals surface area contributed by atoms with Gasteiger partial charge in [-0.15, -0.1) is 0 Å². The quantitative estimate of drug-likeness (QED) is 0.823. The number of nitrogens with one attached hydrogen (secondary N) is 1. The van der Waals surface area contributed by atoms with E-state index in [-0.39, 0.29) is 5.60 Å². The number of nitrogens with zero attached hydrogens (tertiary/aromatic N) is 2. The molecule has 1 atom stereocenters. The summed E-state index contributed by atoms with van der Waals surface area (Å²) >= 11 is 0. The van der Waals surface area contributed by atoms with E-state index >= 15 is 0 Å². The van der Waals surface area contributed by atoms with Crippen molar-refractivity contribution in [3.63, 3.8) is 0 Å². The van der Waals surface area contributed by atoms with E-state index < -0.39 is 0 Å². The molecule has 0 aromatic carbocycles. The normalized spacial score (nSPS) is 13.9. The molecule has 1 N–H and O–H groups in total. The largest absolute Gasteiger partial charge is 0.374 e. The smallest absolute Gasteiger partial charge is 0.0629 e. The third-order valence-electron chi connectivity index (χ3n) is 2.62. The standard InChI is InChI=1S/C13H25N3O/c1-6-16-9-11(8-15-16)7-12(14-5)10-17-13(2,3)4/h8-9,12,14H,6-7,10H2,1-5H3. The van der Waals surface area contributed by atoms with Crippen LogP contribution in [0.4, 0.5) is 0 Å². The van der Waals surface area contributed by atoms with Gasteiger partial charge in [0.05, 0.1) is 18.4 Å². The molecule has 0 saturated heterocycles. The third-order valence-corrected chi connectivity index (χ3v) is 2.62. The molecule has 17 heavy (non-hydrogen) atoms. The van der Waals surface area contributed by atoms with Gasteiger partial charge in [-0.3, -0.25) is 4.68 Å². The van der Waals surface area contributed by atoms with Crippen LogP contribution in [0.2, 0.25) is 0 Å². The molecule has 0 fully saturated rings. The summed E-state index contributed by atoms with van der Waals surface area (Å²) in [5.74, 6) is 0. The molecule has 4 heteroatoms. The van der Waals surface area contributed by atoms with Crippen LogP contribution in [0.5, 0.6) is 0 Å². The Morgan fingerprint density at radius 3 is 2.65 bits per heavy atom. The Bertz CT molecular complexity index is 328. The number of rotatable bonds is 6. The van der Waals surface area contributed by atoms with Crippen LogP contribution in [-0.4, -0.2) is 35.1 Å². The number of aryl methyl sites for hydroxylation is 1. The van der Waals surface area contributed by atoms with Crippen LogP contribution in [-0.2, 0) is 17.7 Å². The first-order chi connectivity index (χ1) is 7.94. The van der Waals surface area contributed by atoms with Crippen molar-refractivity contribution in [2.24, 2.45) is 0 Å². The first kappa shape index (κ1) is 14.2. The van der Waals surface area contributed by atoms with Gasteiger partial charge in [-0.05, 0) is 46.7 Å². The molecule has 0 bridgehead atoms. The fourth-order valence-electron chi connectivity index (χ4n) is 1.56. The lowest BCUT2D eigenvalue weighted by Crippen LogP contribution is -2.36. The molecule has 0 amide bonds. The topological polar surface area (TPSA) is 39.1 Å². The van der Waals surface area contributed by atoms with E-state index in [4.69, 9.17) is 4.74 Å². The summed E-state index contributed by atoms with van der Waals surface area (Å²) < 4.78 is 7.75. The number of aromatic nitrogens is 2. The first-order valence-electron chi connectivity index (χ1n) is 6.27. The van der Waals surface area contributed by atoms with Gasteiger partial charge >= 0.3 is 0 Å². The van der Waals surface area contributed by atoms with Gasteiger partial charge in [-0.25, -0.2) is 0 Å². The minimum Gasteiger partial charge on any atom is -0.374 e. The van der Waals surface area contributed by atoms with E-state index in [2.05, 4.69) is 44.3 Å². The third kappa shape index (κ3) is 5.33. The molecule has 0 aliphatic rings. The summed E-state index contributed by atoms with van der Waals surface area (Å²) in [4.78, 5) is 0. The van der Waals surface area contributed by atoms with E-state index in [1.807, 2.05) is 17.9 Å². The second-order valence-electron chi connectivity index (χ2n) is 5.32. The van der Waals surface area contributed by atoms with Gasteiger partial charge in [0, 0.05) is 18.8 Å². The van der Waals surface area contributed by atoms with E-state index in [0.717, 1.165) is 19.6 Å². The highest BCUT2D eigenvalue weighted by atomic mass is 16.5. The van der Waals surface area contributed by atoms with Crippen molar-refractivity contribution in [2.45, 2.75) is 52.3 Å². The van der Waals surface area contributed by atoms with Gasteiger partial charge in [-0.1, -0.05) is 0 Å². The Kier molecular flexibility index (Phi) is 5.15. The Morgan fingerprint density at radius 2 is 2.18 bits per heavy atom. The Morgan fingerprint density at radius 1 is 1.47 bits per heavy atom. The van der Waals surface area contributed by atoms with Gasteiger partial charge in [0.2, 0.25) is 0 Å². The number of hydrogen-bond donors (Lipinski definition) is 1. The molecular weight excluding hydrogens is 214 g/mol. The molecule has 0 spiro atoms. The fourth-order valence-corrected chi connectivity index (χ4v) is 1.56. The molecule has 1 aromatic heterocycles. The Balaban J connectivity index is 2.46. The van der Waals surface area contributed by atoms with Crippen molar-refractivity contribution in [1.29, 1.82) is 0 Å². The maximum absolute atomic E-state index is 5.80.